The molecule has 0 atom stereocenters. The summed E-state index contributed by atoms with van der Waals surface area (Å²) >= 11 is 0. The Morgan fingerprint density at radius 1 is 0.810 bits per heavy atom. The van der Waals surface area contributed by atoms with Gasteiger partial charge in [0.1, 0.15) is 5.54 Å². The molecule has 0 saturated heterocycles. The minimum atomic E-state index is -0.790. The van der Waals surface area contributed by atoms with E-state index >= 15 is 0 Å². The summed E-state index contributed by atoms with van der Waals surface area (Å²) in [6.07, 6.45) is 0. The molecule has 0 radical (unpaired) electrons. The summed E-state index contributed by atoms with van der Waals surface area (Å²) in [7, 11) is 3.20. The van der Waals surface area contributed by atoms with Crippen LogP contribution in [-0.4, -0.2) is 29.9 Å². The van der Waals surface area contributed by atoms with Crippen LogP contribution in [-0.2, 0) is 10.3 Å². The number of methoxy groups -OCH3 is 1. The maximum Gasteiger partial charge on any atom is 0.337 e. The number of esters is 1. The van der Waals surface area contributed by atoms with Gasteiger partial charge in [0, 0.05) is 18.0 Å². The number of nitrogens with zero attached hydrogens (tertiary/aromatic N) is 3. The Bertz CT molecular complexity index is 1830. The third-order valence-corrected chi connectivity index (χ3v) is 7.68. The van der Waals surface area contributed by atoms with E-state index in [9.17, 15) is 10.1 Å². The first-order valence-electron chi connectivity index (χ1n) is 13.6. The smallest absolute Gasteiger partial charge is 0.337 e. The molecule has 0 aliphatic carbocycles. The van der Waals surface area contributed by atoms with Crippen molar-refractivity contribution in [1.29, 1.82) is 5.26 Å². The van der Waals surface area contributed by atoms with E-state index in [0.717, 1.165) is 33.2 Å². The number of benzene rings is 5. The highest BCUT2D eigenvalue weighted by Gasteiger charge is 2.40. The molecule has 0 bridgehead atoms. The molecule has 0 fully saturated rings. The molecule has 1 heterocycles. The van der Waals surface area contributed by atoms with E-state index in [4.69, 9.17) is 9.84 Å². The first-order valence-corrected chi connectivity index (χ1v) is 13.6. The zero-order valence-electron chi connectivity index (χ0n) is 23.3. The van der Waals surface area contributed by atoms with Gasteiger partial charge in [-0.2, -0.15) is 10.4 Å². The van der Waals surface area contributed by atoms with Crippen LogP contribution in [0.2, 0.25) is 0 Å². The molecule has 0 saturated carbocycles. The topological polar surface area (TPSA) is 79.9 Å². The molecule has 0 spiro atoms. The van der Waals surface area contributed by atoms with Crippen LogP contribution in [0.1, 0.15) is 32.6 Å². The van der Waals surface area contributed by atoms with Crippen molar-refractivity contribution in [3.63, 3.8) is 0 Å². The minimum absolute atomic E-state index is 0.382. The fraction of sp³-hybridized carbons (Fsp3) is 0.0833. The minimum Gasteiger partial charge on any atom is -0.465 e. The zero-order chi connectivity index (χ0) is 29.1. The van der Waals surface area contributed by atoms with Gasteiger partial charge in [0.2, 0.25) is 0 Å². The van der Waals surface area contributed by atoms with Crippen LogP contribution in [0.4, 0.5) is 5.82 Å². The van der Waals surface area contributed by atoms with Gasteiger partial charge in [-0.05, 0) is 52.6 Å². The van der Waals surface area contributed by atoms with Crippen LogP contribution < -0.4 is 5.32 Å². The predicted octanol–water partition coefficient (Wildman–Crippen LogP) is 7.24. The highest BCUT2D eigenvalue weighted by Crippen LogP contribution is 2.44. The Morgan fingerprint density at radius 3 is 1.88 bits per heavy atom. The first kappa shape index (κ1) is 26.5. The third-order valence-electron chi connectivity index (χ3n) is 7.68. The normalized spacial score (nSPS) is 11.2. The monoisotopic (exact) mass is 548 g/mol. The van der Waals surface area contributed by atoms with Crippen LogP contribution in [0.15, 0.2) is 127 Å². The van der Waals surface area contributed by atoms with Gasteiger partial charge < -0.3 is 10.1 Å². The van der Waals surface area contributed by atoms with Gasteiger partial charge in [-0.25, -0.2) is 9.48 Å². The van der Waals surface area contributed by atoms with Gasteiger partial charge in [-0.1, -0.05) is 97.1 Å². The van der Waals surface area contributed by atoms with Gasteiger partial charge in [0.15, 0.2) is 5.82 Å². The molecular weight excluding hydrogens is 520 g/mol. The summed E-state index contributed by atoms with van der Waals surface area (Å²) in [6.45, 7) is 0. The fourth-order valence-corrected chi connectivity index (χ4v) is 5.76. The Morgan fingerprint density at radius 2 is 1.38 bits per heavy atom. The number of carbonyl (C=O) groups is 1. The summed E-state index contributed by atoms with van der Waals surface area (Å²) < 4.78 is 7.02. The van der Waals surface area contributed by atoms with Crippen molar-refractivity contribution in [2.75, 3.05) is 19.5 Å². The molecule has 5 aromatic carbocycles. The van der Waals surface area contributed by atoms with Crippen molar-refractivity contribution in [2.45, 2.75) is 5.54 Å². The van der Waals surface area contributed by atoms with E-state index < -0.39 is 11.5 Å². The van der Waals surface area contributed by atoms with Crippen molar-refractivity contribution in [3.05, 3.63) is 155 Å². The lowest BCUT2D eigenvalue weighted by Gasteiger charge is -2.37. The number of fused-ring (bicyclic) bond motifs is 1. The van der Waals surface area contributed by atoms with Crippen LogP contribution in [0, 0.1) is 11.3 Å². The average Bonchev–Trinajstić information content (AvgIpc) is 3.44. The number of rotatable bonds is 7. The number of aromatic nitrogens is 2. The lowest BCUT2D eigenvalue weighted by Crippen LogP contribution is -2.38. The van der Waals surface area contributed by atoms with Crippen molar-refractivity contribution in [1.82, 2.24) is 9.78 Å². The molecule has 6 rings (SSSR count). The molecular formula is C36H28N4O2. The molecule has 1 N–H and O–H groups in total. The SMILES string of the molecule is CNc1nn(C(c2ccccc2)(c2ccccc2)c2ccccc2)c2ccc(-c3cc(C(=O)OC)ccc3C#N)cc12. The molecule has 6 aromatic rings. The fourth-order valence-electron chi connectivity index (χ4n) is 5.76. The Kier molecular flexibility index (Phi) is 7.00. The Hall–Kier alpha value is -5.67. The van der Waals surface area contributed by atoms with Crippen molar-refractivity contribution in [2.24, 2.45) is 0 Å². The molecule has 6 heteroatoms. The number of hydrogen-bond donors (Lipinski definition) is 1. The maximum atomic E-state index is 12.3. The number of anilines is 1. The number of nitriles is 1. The lowest BCUT2D eigenvalue weighted by atomic mass is 9.77. The summed E-state index contributed by atoms with van der Waals surface area (Å²) in [5.41, 5.74) is 5.61. The van der Waals surface area contributed by atoms with Crippen LogP contribution in [0.25, 0.3) is 22.0 Å². The quantitative estimate of drug-likeness (QED) is 0.168. The second kappa shape index (κ2) is 11.1. The molecule has 1 aromatic heterocycles. The predicted molar refractivity (Wildman–Crippen MR) is 165 cm³/mol. The highest BCUT2D eigenvalue weighted by molar-refractivity contribution is 5.96. The average molecular weight is 549 g/mol. The van der Waals surface area contributed by atoms with E-state index in [1.54, 1.807) is 18.2 Å². The van der Waals surface area contributed by atoms with Crippen LogP contribution in [0.3, 0.4) is 0 Å². The summed E-state index contributed by atoms with van der Waals surface area (Å²) in [5, 5.41) is 19.3. The standard InChI is InChI=1S/C36H28N4O2/c1-38-34-32-22-25(31-23-26(35(41)42-2)18-19-27(31)24-37)20-21-33(32)40(39-34)36(28-12-6-3-7-13-28,29-14-8-4-9-15-29)30-16-10-5-11-17-30/h3-23H,1-2H3,(H,38,39). The largest absolute Gasteiger partial charge is 0.465 e. The number of hydrogen-bond acceptors (Lipinski definition) is 5. The van der Waals surface area contributed by atoms with E-state index in [0.29, 0.717) is 22.5 Å². The van der Waals surface area contributed by atoms with Gasteiger partial charge in [-0.3, -0.25) is 0 Å². The van der Waals surface area contributed by atoms with Crippen molar-refractivity contribution < 1.29 is 9.53 Å². The summed E-state index contributed by atoms with van der Waals surface area (Å²) in [4.78, 5) is 12.3. The summed E-state index contributed by atoms with van der Waals surface area (Å²) in [6, 6.07) is 44.5. The lowest BCUT2D eigenvalue weighted by molar-refractivity contribution is 0.0601. The number of carbonyl (C=O) groups excluding carboxylic acids is 1. The van der Waals surface area contributed by atoms with E-state index in [1.807, 2.05) is 43.4 Å². The summed E-state index contributed by atoms with van der Waals surface area (Å²) in [5.74, 6) is 0.241. The van der Waals surface area contributed by atoms with E-state index in [1.165, 1.54) is 7.11 Å². The molecule has 42 heavy (non-hydrogen) atoms. The molecule has 0 aliphatic heterocycles. The van der Waals surface area contributed by atoms with Crippen LogP contribution in [0.5, 0.6) is 0 Å². The van der Waals surface area contributed by atoms with E-state index in [-0.39, 0.29) is 0 Å². The van der Waals surface area contributed by atoms with Gasteiger partial charge in [0.05, 0.1) is 29.8 Å². The molecule has 6 nitrogen and oxygen atoms in total. The Labute approximate surface area is 244 Å². The number of ether oxygens (including phenoxy) is 1. The number of nitrogens with one attached hydrogen (secondary N) is 1. The molecule has 0 amide bonds. The molecule has 0 aliphatic rings. The van der Waals surface area contributed by atoms with Crippen LogP contribution >= 0.6 is 0 Å². The second-order valence-electron chi connectivity index (χ2n) is 9.91. The van der Waals surface area contributed by atoms with Crippen molar-refractivity contribution >= 4 is 22.7 Å². The zero-order valence-corrected chi connectivity index (χ0v) is 23.3. The van der Waals surface area contributed by atoms with Gasteiger partial charge >= 0.3 is 5.97 Å². The second-order valence-corrected chi connectivity index (χ2v) is 9.91. The highest BCUT2D eigenvalue weighted by atomic mass is 16.5. The van der Waals surface area contributed by atoms with Gasteiger partial charge in [0.25, 0.3) is 0 Å². The van der Waals surface area contributed by atoms with Crippen molar-refractivity contribution in [3.8, 4) is 17.2 Å². The third kappa shape index (κ3) is 4.29. The van der Waals surface area contributed by atoms with E-state index in [2.05, 4.69) is 88.9 Å². The maximum absolute atomic E-state index is 12.3. The Balaban J connectivity index is 1.68. The van der Waals surface area contributed by atoms with Gasteiger partial charge in [-0.15, -0.1) is 0 Å². The first-order chi connectivity index (χ1) is 20.6. The molecule has 204 valence electrons. The molecule has 0 unspecified atom stereocenters.